The highest BCUT2D eigenvalue weighted by Gasteiger charge is 2.54. The summed E-state index contributed by atoms with van der Waals surface area (Å²) in [5, 5.41) is 10.8. The fourth-order valence-corrected chi connectivity index (χ4v) is 4.13. The maximum atomic E-state index is 15.7. The van der Waals surface area contributed by atoms with Gasteiger partial charge in [-0.15, -0.1) is 0 Å². The van der Waals surface area contributed by atoms with E-state index in [1.54, 1.807) is 0 Å². The number of nitrogens with zero attached hydrogens (tertiary/aromatic N) is 2. The van der Waals surface area contributed by atoms with Gasteiger partial charge >= 0.3 is 12.4 Å². The summed E-state index contributed by atoms with van der Waals surface area (Å²) in [6.07, 6.45) is -9.30. The molecule has 0 saturated heterocycles. The van der Waals surface area contributed by atoms with Gasteiger partial charge in [0.25, 0.3) is 11.8 Å². The van der Waals surface area contributed by atoms with Crippen LogP contribution >= 0.6 is 0 Å². The molecule has 3 aromatic carbocycles. The SMILES string of the molecule is CC(F)(c1ccc(NC(=O)c2cccc(N(CC3CC3)C(=O)c3ccc(C#N)cc3)c2F)c(C(F)(F)F)c1)C(F)(F)F. The number of carbonyl (C=O) groups is 2. The second kappa shape index (κ2) is 11.1. The van der Waals surface area contributed by atoms with Crippen LogP contribution in [0.4, 0.5) is 46.5 Å². The number of hydrogen-bond acceptors (Lipinski definition) is 3. The van der Waals surface area contributed by atoms with E-state index in [1.807, 2.05) is 11.4 Å². The number of anilines is 2. The minimum atomic E-state index is -5.52. The maximum absolute atomic E-state index is 15.7. The molecule has 0 radical (unpaired) electrons. The summed E-state index contributed by atoms with van der Waals surface area (Å²) < 4.78 is 111. The molecule has 0 heterocycles. The van der Waals surface area contributed by atoms with Crippen molar-refractivity contribution in [2.75, 3.05) is 16.8 Å². The number of rotatable bonds is 7. The van der Waals surface area contributed by atoms with Gasteiger partial charge in [0, 0.05) is 12.1 Å². The molecule has 1 saturated carbocycles. The third-order valence-corrected chi connectivity index (χ3v) is 6.81. The minimum absolute atomic E-state index is 0.0509. The van der Waals surface area contributed by atoms with E-state index in [0.29, 0.717) is 12.1 Å². The van der Waals surface area contributed by atoms with Crippen molar-refractivity contribution >= 4 is 23.2 Å². The summed E-state index contributed by atoms with van der Waals surface area (Å²) in [5.74, 6) is -3.20. The first-order chi connectivity index (χ1) is 19.5. The summed E-state index contributed by atoms with van der Waals surface area (Å²) in [5.41, 5.74) is -8.93. The normalized spacial score (nSPS) is 15.0. The third kappa shape index (κ3) is 6.22. The summed E-state index contributed by atoms with van der Waals surface area (Å²) in [4.78, 5) is 27.4. The van der Waals surface area contributed by atoms with Crippen LogP contribution in [0.25, 0.3) is 0 Å². The van der Waals surface area contributed by atoms with Crippen molar-refractivity contribution < 1.29 is 44.7 Å². The summed E-state index contributed by atoms with van der Waals surface area (Å²) in [7, 11) is 0. The van der Waals surface area contributed by atoms with Crippen LogP contribution in [-0.2, 0) is 11.8 Å². The van der Waals surface area contributed by atoms with Gasteiger partial charge in [0.05, 0.1) is 34.1 Å². The highest BCUT2D eigenvalue weighted by molar-refractivity contribution is 6.09. The molecule has 13 heteroatoms. The van der Waals surface area contributed by atoms with Crippen molar-refractivity contribution in [1.29, 1.82) is 5.26 Å². The van der Waals surface area contributed by atoms with Gasteiger partial charge in [-0.05, 0) is 79.8 Å². The number of alkyl halides is 7. The molecule has 0 aliphatic heterocycles. The Kier molecular flexibility index (Phi) is 8.04. The lowest BCUT2D eigenvalue weighted by Gasteiger charge is -2.26. The van der Waals surface area contributed by atoms with E-state index in [4.69, 9.17) is 5.26 Å². The lowest BCUT2D eigenvalue weighted by atomic mass is 9.94. The van der Waals surface area contributed by atoms with E-state index in [1.165, 1.54) is 36.4 Å². The molecule has 220 valence electrons. The van der Waals surface area contributed by atoms with E-state index in [9.17, 15) is 40.3 Å². The van der Waals surface area contributed by atoms with E-state index in [2.05, 4.69) is 0 Å². The Morgan fingerprint density at radius 2 is 1.62 bits per heavy atom. The van der Waals surface area contributed by atoms with E-state index in [0.717, 1.165) is 23.8 Å². The topological polar surface area (TPSA) is 73.2 Å². The number of hydrogen-bond donors (Lipinski definition) is 1. The number of nitriles is 1. The van der Waals surface area contributed by atoms with Crippen molar-refractivity contribution in [1.82, 2.24) is 0 Å². The average Bonchev–Trinajstić information content (AvgIpc) is 3.75. The monoisotopic (exact) mass is 595 g/mol. The number of amides is 2. The standard InChI is InChI=1S/C29H21F8N3O2/c1-27(31,29(35,36)37)19-11-12-22(21(13-19)28(32,33)34)39-25(41)20-3-2-4-23(24(20)30)40(15-17-5-6-17)26(42)18-9-7-16(14-38)8-10-18/h2-4,7-13,17H,5-6,15H2,1H3,(H,39,41). The molecule has 4 rings (SSSR count). The van der Waals surface area contributed by atoms with Gasteiger partial charge in [-0.25, -0.2) is 8.78 Å². The first-order valence-corrected chi connectivity index (χ1v) is 12.4. The van der Waals surface area contributed by atoms with Crippen molar-refractivity contribution in [3.63, 3.8) is 0 Å². The zero-order valence-corrected chi connectivity index (χ0v) is 21.7. The zero-order valence-electron chi connectivity index (χ0n) is 21.7. The zero-order chi connectivity index (χ0) is 31.0. The van der Waals surface area contributed by atoms with Gasteiger partial charge < -0.3 is 10.2 Å². The van der Waals surface area contributed by atoms with Crippen LogP contribution in [-0.4, -0.2) is 24.5 Å². The fraction of sp³-hybridized carbons (Fsp3) is 0.276. The molecule has 1 atom stereocenters. The lowest BCUT2D eigenvalue weighted by molar-refractivity contribution is -0.228. The number of nitrogens with one attached hydrogen (secondary N) is 1. The van der Waals surface area contributed by atoms with Crippen LogP contribution in [0, 0.1) is 23.1 Å². The maximum Gasteiger partial charge on any atom is 0.426 e. The highest BCUT2D eigenvalue weighted by atomic mass is 19.4. The Labute approximate surface area is 234 Å². The van der Waals surface area contributed by atoms with Crippen molar-refractivity contribution in [2.24, 2.45) is 5.92 Å². The van der Waals surface area contributed by atoms with Crippen LogP contribution in [0.3, 0.4) is 0 Å². The Balaban J connectivity index is 1.69. The Morgan fingerprint density at radius 1 is 0.976 bits per heavy atom. The first kappa shape index (κ1) is 30.5. The lowest BCUT2D eigenvalue weighted by Crippen LogP contribution is -2.35. The van der Waals surface area contributed by atoms with Gasteiger partial charge in [0.2, 0.25) is 5.67 Å². The number of halogens is 8. The first-order valence-electron chi connectivity index (χ1n) is 12.4. The quantitative estimate of drug-likeness (QED) is 0.284. The molecule has 1 aliphatic rings. The van der Waals surface area contributed by atoms with E-state index >= 15 is 4.39 Å². The second-order valence-electron chi connectivity index (χ2n) is 9.90. The molecule has 5 nitrogen and oxygen atoms in total. The highest BCUT2D eigenvalue weighted by Crippen LogP contribution is 2.45. The minimum Gasteiger partial charge on any atom is -0.321 e. The fourth-order valence-electron chi connectivity index (χ4n) is 4.13. The smallest absolute Gasteiger partial charge is 0.321 e. The average molecular weight is 595 g/mol. The number of carbonyl (C=O) groups excluding carboxylic acids is 2. The molecule has 0 bridgehead atoms. The molecule has 42 heavy (non-hydrogen) atoms. The molecule has 2 amide bonds. The predicted octanol–water partition coefficient (Wildman–Crippen LogP) is 7.77. The Morgan fingerprint density at radius 3 is 2.17 bits per heavy atom. The molecule has 3 aromatic rings. The van der Waals surface area contributed by atoms with E-state index in [-0.39, 0.29) is 42.3 Å². The molecule has 1 unspecified atom stereocenters. The van der Waals surface area contributed by atoms with Crippen LogP contribution in [0.1, 0.15) is 57.2 Å². The van der Waals surface area contributed by atoms with Crippen LogP contribution in [0.5, 0.6) is 0 Å². The van der Waals surface area contributed by atoms with Gasteiger partial charge in [-0.2, -0.15) is 31.6 Å². The molecule has 0 spiro atoms. The van der Waals surface area contributed by atoms with Crippen molar-refractivity contribution in [3.8, 4) is 6.07 Å². The van der Waals surface area contributed by atoms with Crippen molar-refractivity contribution in [3.05, 3.63) is 94.3 Å². The molecule has 0 aromatic heterocycles. The predicted molar refractivity (Wildman–Crippen MR) is 136 cm³/mol. The van der Waals surface area contributed by atoms with Crippen molar-refractivity contribution in [2.45, 2.75) is 37.8 Å². The molecule has 1 fully saturated rings. The summed E-state index contributed by atoms with van der Waals surface area (Å²) in [6, 6.07) is 11.7. The van der Waals surface area contributed by atoms with E-state index < -0.39 is 58.0 Å². The second-order valence-corrected chi connectivity index (χ2v) is 9.90. The summed E-state index contributed by atoms with van der Waals surface area (Å²) >= 11 is 0. The van der Waals surface area contributed by atoms with Crippen LogP contribution in [0.2, 0.25) is 0 Å². The Bertz CT molecular complexity index is 1550. The molecule has 1 aliphatic carbocycles. The van der Waals surface area contributed by atoms with Crippen LogP contribution in [0.15, 0.2) is 60.7 Å². The Hall–Kier alpha value is -4.47. The van der Waals surface area contributed by atoms with Gasteiger partial charge in [-0.1, -0.05) is 12.1 Å². The third-order valence-electron chi connectivity index (χ3n) is 6.81. The number of benzene rings is 3. The van der Waals surface area contributed by atoms with Gasteiger partial charge in [0.15, 0.2) is 5.82 Å². The van der Waals surface area contributed by atoms with Gasteiger partial charge in [0.1, 0.15) is 0 Å². The van der Waals surface area contributed by atoms with Gasteiger partial charge in [-0.3, -0.25) is 9.59 Å². The molecule has 1 N–H and O–H groups in total. The molecular weight excluding hydrogens is 574 g/mol. The van der Waals surface area contributed by atoms with Crippen LogP contribution < -0.4 is 10.2 Å². The molecular formula is C29H21F8N3O2. The summed E-state index contributed by atoms with van der Waals surface area (Å²) in [6.45, 7) is 0.149. The largest absolute Gasteiger partial charge is 0.426 e.